The van der Waals surface area contributed by atoms with Crippen molar-refractivity contribution in [3.05, 3.63) is 48.0 Å². The number of hydrogen-bond donors (Lipinski definition) is 2. The van der Waals surface area contributed by atoms with Crippen LogP contribution in [0.5, 0.6) is 0 Å². The van der Waals surface area contributed by atoms with Gasteiger partial charge < -0.3 is 10.0 Å². The van der Waals surface area contributed by atoms with Gasteiger partial charge in [-0.2, -0.15) is 0 Å². The highest BCUT2D eigenvalue weighted by Crippen LogP contribution is 2.18. The van der Waals surface area contributed by atoms with E-state index in [0.29, 0.717) is 6.54 Å². The summed E-state index contributed by atoms with van der Waals surface area (Å²) in [5.41, 5.74) is 1.36. The third-order valence-electron chi connectivity index (χ3n) is 3.46. The number of benzene rings is 2. The number of rotatable bonds is 6. The number of hydrogen-bond acceptors (Lipinski definition) is 3. The lowest BCUT2D eigenvalue weighted by molar-refractivity contribution is 0.104. The van der Waals surface area contributed by atoms with Crippen LogP contribution < -0.4 is 5.32 Å². The molecule has 0 amide bonds. The molecule has 2 aromatic carbocycles. The highest BCUT2D eigenvalue weighted by Gasteiger charge is 2.06. The lowest BCUT2D eigenvalue weighted by atomic mass is 10.0. The van der Waals surface area contributed by atoms with Crippen molar-refractivity contribution in [1.82, 2.24) is 10.2 Å². The second-order valence-electron chi connectivity index (χ2n) is 4.95. The van der Waals surface area contributed by atoms with Crippen molar-refractivity contribution in [3.63, 3.8) is 0 Å². The van der Waals surface area contributed by atoms with Crippen molar-refractivity contribution < 1.29 is 5.11 Å². The van der Waals surface area contributed by atoms with Crippen molar-refractivity contribution in [2.75, 3.05) is 27.2 Å². The van der Waals surface area contributed by atoms with E-state index in [0.717, 1.165) is 13.0 Å². The van der Waals surface area contributed by atoms with E-state index in [1.807, 2.05) is 7.05 Å². The summed E-state index contributed by atoms with van der Waals surface area (Å²) < 4.78 is 0. The Hall–Kier alpha value is -1.42. The van der Waals surface area contributed by atoms with Gasteiger partial charge in [-0.05, 0) is 36.9 Å². The monoisotopic (exact) mass is 258 g/mol. The van der Waals surface area contributed by atoms with E-state index in [-0.39, 0.29) is 0 Å². The zero-order valence-corrected chi connectivity index (χ0v) is 11.6. The average Bonchev–Trinajstić information content (AvgIpc) is 2.44. The summed E-state index contributed by atoms with van der Waals surface area (Å²) in [5.74, 6) is 0. The van der Waals surface area contributed by atoms with Gasteiger partial charge in [0, 0.05) is 13.1 Å². The molecule has 0 aliphatic heterocycles. The third kappa shape index (κ3) is 3.77. The molecule has 0 bridgehead atoms. The number of fused-ring (bicyclic) bond motifs is 1. The largest absolute Gasteiger partial charge is 0.377 e. The second kappa shape index (κ2) is 6.66. The van der Waals surface area contributed by atoms with E-state index in [4.69, 9.17) is 0 Å². The van der Waals surface area contributed by atoms with Gasteiger partial charge in [0.15, 0.2) is 0 Å². The summed E-state index contributed by atoms with van der Waals surface area (Å²) >= 11 is 0. The molecule has 0 aliphatic rings. The van der Waals surface area contributed by atoms with Crippen LogP contribution in [0.4, 0.5) is 0 Å². The molecule has 3 nitrogen and oxygen atoms in total. The molecule has 2 N–H and O–H groups in total. The zero-order chi connectivity index (χ0) is 13.7. The Balaban J connectivity index is 2.02. The van der Waals surface area contributed by atoms with Crippen molar-refractivity contribution >= 4 is 10.8 Å². The molecule has 3 heteroatoms. The van der Waals surface area contributed by atoms with Crippen LogP contribution in [0.3, 0.4) is 0 Å². The minimum absolute atomic E-state index is 0.461. The van der Waals surface area contributed by atoms with E-state index in [1.54, 1.807) is 7.05 Å². The molecule has 0 fully saturated rings. The minimum atomic E-state index is -0.461. The van der Waals surface area contributed by atoms with E-state index >= 15 is 0 Å². The number of likely N-dealkylation sites (N-methyl/N-ethyl adjacent to an activating group) is 2. The van der Waals surface area contributed by atoms with Gasteiger partial charge in [0.05, 0.1) is 0 Å². The molecule has 102 valence electrons. The van der Waals surface area contributed by atoms with Crippen molar-refractivity contribution in [2.24, 2.45) is 0 Å². The standard InChI is InChI=1S/C16H22N2O/c1-17-16(19)12-18(2)11-10-14-8-5-7-13-6-3-4-9-15(13)14/h3-9,16-17,19H,10-12H2,1-2H3. The second-order valence-corrected chi connectivity index (χ2v) is 4.95. The number of nitrogens with zero attached hydrogens (tertiary/aromatic N) is 1. The molecule has 1 unspecified atom stereocenters. The van der Waals surface area contributed by atoms with Crippen molar-refractivity contribution in [2.45, 2.75) is 12.6 Å². The maximum Gasteiger partial charge on any atom is 0.117 e. The Labute approximate surface area is 114 Å². The van der Waals surface area contributed by atoms with Gasteiger partial charge in [-0.25, -0.2) is 0 Å². The molecular formula is C16H22N2O. The summed E-state index contributed by atoms with van der Waals surface area (Å²) in [7, 11) is 3.80. The fraction of sp³-hybridized carbons (Fsp3) is 0.375. The number of aliphatic hydroxyl groups excluding tert-OH is 1. The highest BCUT2D eigenvalue weighted by molar-refractivity contribution is 5.85. The minimum Gasteiger partial charge on any atom is -0.377 e. The molecule has 2 rings (SSSR count). The topological polar surface area (TPSA) is 35.5 Å². The Bertz CT molecular complexity index is 522. The van der Waals surface area contributed by atoms with Crippen LogP contribution in [0.15, 0.2) is 42.5 Å². The van der Waals surface area contributed by atoms with Crippen LogP contribution in [0, 0.1) is 0 Å². The van der Waals surface area contributed by atoms with Crippen LogP contribution in [0.25, 0.3) is 10.8 Å². The lowest BCUT2D eigenvalue weighted by Crippen LogP contribution is -2.38. The zero-order valence-electron chi connectivity index (χ0n) is 11.6. The summed E-state index contributed by atoms with van der Waals surface area (Å²) in [6.07, 6.45) is 0.534. The maximum absolute atomic E-state index is 9.54. The molecular weight excluding hydrogens is 236 g/mol. The van der Waals surface area contributed by atoms with E-state index in [1.165, 1.54) is 16.3 Å². The normalized spacial score (nSPS) is 13.1. The summed E-state index contributed by atoms with van der Waals surface area (Å²) in [4.78, 5) is 2.14. The molecule has 0 aliphatic carbocycles. The summed E-state index contributed by atoms with van der Waals surface area (Å²) in [6.45, 7) is 1.58. The van der Waals surface area contributed by atoms with Gasteiger partial charge in [0.1, 0.15) is 6.23 Å². The Kier molecular flexibility index (Phi) is 4.91. The Morgan fingerprint density at radius 2 is 1.89 bits per heavy atom. The fourth-order valence-electron chi connectivity index (χ4n) is 2.30. The van der Waals surface area contributed by atoms with E-state index in [2.05, 4.69) is 52.7 Å². The predicted octanol–water partition coefficient (Wildman–Crippen LogP) is 1.85. The van der Waals surface area contributed by atoms with Crippen LogP contribution in [0.1, 0.15) is 5.56 Å². The Morgan fingerprint density at radius 3 is 2.68 bits per heavy atom. The van der Waals surface area contributed by atoms with Crippen LogP contribution in [-0.4, -0.2) is 43.4 Å². The molecule has 0 aromatic heterocycles. The summed E-state index contributed by atoms with van der Waals surface area (Å²) in [5, 5.41) is 15.0. The first-order valence-electron chi connectivity index (χ1n) is 6.71. The van der Waals surface area contributed by atoms with E-state index in [9.17, 15) is 5.11 Å². The van der Waals surface area contributed by atoms with E-state index < -0.39 is 6.23 Å². The number of nitrogens with one attached hydrogen (secondary N) is 1. The van der Waals surface area contributed by atoms with Crippen molar-refractivity contribution in [1.29, 1.82) is 0 Å². The van der Waals surface area contributed by atoms with Gasteiger partial charge in [0.2, 0.25) is 0 Å². The molecule has 0 radical (unpaired) electrons. The molecule has 0 saturated heterocycles. The smallest absolute Gasteiger partial charge is 0.117 e. The van der Waals surface area contributed by atoms with Crippen molar-refractivity contribution in [3.8, 4) is 0 Å². The quantitative estimate of drug-likeness (QED) is 0.776. The summed E-state index contributed by atoms with van der Waals surface area (Å²) in [6, 6.07) is 14.9. The first-order chi connectivity index (χ1) is 9.20. The van der Waals surface area contributed by atoms with Gasteiger partial charge in [0.25, 0.3) is 0 Å². The molecule has 1 atom stereocenters. The molecule has 0 heterocycles. The first kappa shape index (κ1) is 14.0. The third-order valence-corrected chi connectivity index (χ3v) is 3.46. The van der Waals surface area contributed by atoms with Crippen LogP contribution in [-0.2, 0) is 6.42 Å². The van der Waals surface area contributed by atoms with Gasteiger partial charge in [-0.1, -0.05) is 42.5 Å². The molecule has 0 spiro atoms. The van der Waals surface area contributed by atoms with Crippen LogP contribution in [0.2, 0.25) is 0 Å². The average molecular weight is 258 g/mol. The molecule has 19 heavy (non-hydrogen) atoms. The van der Waals surface area contributed by atoms with Gasteiger partial charge >= 0.3 is 0 Å². The predicted molar refractivity (Wildman–Crippen MR) is 80.2 cm³/mol. The van der Waals surface area contributed by atoms with Crippen LogP contribution >= 0.6 is 0 Å². The first-order valence-corrected chi connectivity index (χ1v) is 6.71. The molecule has 0 saturated carbocycles. The van der Waals surface area contributed by atoms with Gasteiger partial charge in [-0.15, -0.1) is 0 Å². The Morgan fingerprint density at radius 1 is 1.16 bits per heavy atom. The number of aliphatic hydroxyl groups is 1. The SMILES string of the molecule is CNC(O)CN(C)CCc1cccc2ccccc12. The lowest BCUT2D eigenvalue weighted by Gasteiger charge is -2.20. The van der Waals surface area contributed by atoms with Gasteiger partial charge in [-0.3, -0.25) is 5.32 Å². The fourth-order valence-corrected chi connectivity index (χ4v) is 2.30. The maximum atomic E-state index is 9.54. The highest BCUT2D eigenvalue weighted by atomic mass is 16.3. The molecule has 2 aromatic rings.